The Labute approximate surface area is 119 Å². The summed E-state index contributed by atoms with van der Waals surface area (Å²) in [6.07, 6.45) is 1.78. The molecule has 1 aliphatic rings. The number of carbonyl (C=O) groups is 1. The zero-order valence-corrected chi connectivity index (χ0v) is 12.0. The molecule has 2 unspecified atom stereocenters. The molecule has 2 rings (SSSR count). The molecule has 0 bridgehead atoms. The molecule has 1 amide bonds. The molecule has 0 spiro atoms. The van der Waals surface area contributed by atoms with Crippen molar-refractivity contribution < 1.29 is 14.3 Å². The van der Waals surface area contributed by atoms with Crippen molar-refractivity contribution in [2.24, 2.45) is 5.73 Å². The number of nitrogens with one attached hydrogen (secondary N) is 1. The topological polar surface area (TPSA) is 73.6 Å². The minimum Gasteiger partial charge on any atom is -0.490 e. The molecule has 20 heavy (non-hydrogen) atoms. The van der Waals surface area contributed by atoms with Crippen LogP contribution in [-0.2, 0) is 4.79 Å². The molecule has 0 saturated carbocycles. The fourth-order valence-corrected chi connectivity index (χ4v) is 2.10. The summed E-state index contributed by atoms with van der Waals surface area (Å²) in [5.41, 5.74) is 6.31. The number of primary amides is 1. The first-order chi connectivity index (χ1) is 9.61. The first kappa shape index (κ1) is 14.7. The van der Waals surface area contributed by atoms with Gasteiger partial charge in [0.1, 0.15) is 6.04 Å². The molecular formula is C15H22N2O3. The number of fused-ring (bicyclic) bond motifs is 1. The number of rotatable bonds is 5. The Balaban J connectivity index is 2.25. The van der Waals surface area contributed by atoms with Crippen LogP contribution in [0, 0.1) is 0 Å². The zero-order chi connectivity index (χ0) is 14.5. The molecule has 0 aliphatic carbocycles. The summed E-state index contributed by atoms with van der Waals surface area (Å²) < 4.78 is 11.2. The number of benzene rings is 1. The van der Waals surface area contributed by atoms with Gasteiger partial charge >= 0.3 is 0 Å². The van der Waals surface area contributed by atoms with Gasteiger partial charge in [-0.25, -0.2) is 0 Å². The minimum atomic E-state index is -0.512. The lowest BCUT2D eigenvalue weighted by Gasteiger charge is -2.21. The van der Waals surface area contributed by atoms with Crippen LogP contribution in [0.25, 0.3) is 0 Å². The van der Waals surface area contributed by atoms with Gasteiger partial charge in [-0.1, -0.05) is 13.0 Å². The van der Waals surface area contributed by atoms with Crippen molar-refractivity contribution in [3.05, 3.63) is 23.8 Å². The highest BCUT2D eigenvalue weighted by atomic mass is 16.5. The first-order valence-corrected chi connectivity index (χ1v) is 7.06. The van der Waals surface area contributed by atoms with Gasteiger partial charge < -0.3 is 15.2 Å². The average Bonchev–Trinajstić information content (AvgIpc) is 2.68. The van der Waals surface area contributed by atoms with Crippen LogP contribution in [0.15, 0.2) is 18.2 Å². The number of ether oxygens (including phenoxy) is 2. The normalized spacial score (nSPS) is 17.1. The maximum atomic E-state index is 11.7. The lowest BCUT2D eigenvalue weighted by atomic mass is 10.0. The van der Waals surface area contributed by atoms with E-state index in [1.54, 1.807) is 0 Å². The Kier molecular flexibility index (Phi) is 4.84. The second-order valence-electron chi connectivity index (χ2n) is 5.07. The average molecular weight is 278 g/mol. The second kappa shape index (κ2) is 6.61. The van der Waals surface area contributed by atoms with Crippen molar-refractivity contribution in [2.45, 2.75) is 38.8 Å². The molecular weight excluding hydrogens is 256 g/mol. The lowest BCUT2D eigenvalue weighted by Crippen LogP contribution is -2.38. The van der Waals surface area contributed by atoms with Crippen LogP contribution in [-0.4, -0.2) is 25.2 Å². The van der Waals surface area contributed by atoms with Gasteiger partial charge in [0.05, 0.1) is 13.2 Å². The van der Waals surface area contributed by atoms with E-state index in [-0.39, 0.29) is 11.9 Å². The highest BCUT2D eigenvalue weighted by molar-refractivity contribution is 5.81. The second-order valence-corrected chi connectivity index (χ2v) is 5.07. The quantitative estimate of drug-likeness (QED) is 0.860. The van der Waals surface area contributed by atoms with Gasteiger partial charge in [-0.15, -0.1) is 0 Å². The fraction of sp³-hybridized carbons (Fsp3) is 0.533. The van der Waals surface area contributed by atoms with Crippen LogP contribution < -0.4 is 20.5 Å². The molecule has 0 fully saturated rings. The summed E-state index contributed by atoms with van der Waals surface area (Å²) in [6, 6.07) is 5.24. The van der Waals surface area contributed by atoms with E-state index in [1.807, 2.05) is 25.1 Å². The summed E-state index contributed by atoms with van der Waals surface area (Å²) in [5, 5.41) is 3.23. The maximum absolute atomic E-state index is 11.7. The van der Waals surface area contributed by atoms with Crippen molar-refractivity contribution >= 4 is 5.91 Å². The third-order valence-corrected chi connectivity index (χ3v) is 3.45. The number of hydrogen-bond donors (Lipinski definition) is 2. The molecule has 1 aromatic rings. The molecule has 0 radical (unpaired) electrons. The summed E-state index contributed by atoms with van der Waals surface area (Å²) >= 11 is 0. The van der Waals surface area contributed by atoms with Crippen molar-refractivity contribution in [3.8, 4) is 11.5 Å². The molecule has 2 atom stereocenters. The van der Waals surface area contributed by atoms with E-state index < -0.39 is 6.04 Å². The van der Waals surface area contributed by atoms with E-state index in [4.69, 9.17) is 15.2 Å². The number of carbonyl (C=O) groups excluding carboxylic acids is 1. The maximum Gasteiger partial charge on any atom is 0.239 e. The highest BCUT2D eigenvalue weighted by Crippen LogP contribution is 2.32. The van der Waals surface area contributed by atoms with Gasteiger partial charge in [-0.2, -0.15) is 0 Å². The molecule has 0 saturated heterocycles. The van der Waals surface area contributed by atoms with E-state index in [0.29, 0.717) is 19.0 Å². The summed E-state index contributed by atoms with van der Waals surface area (Å²) in [6.45, 7) is 5.36. The van der Waals surface area contributed by atoms with E-state index >= 15 is 0 Å². The molecule has 1 aromatic carbocycles. The van der Waals surface area contributed by atoms with Crippen molar-refractivity contribution in [3.63, 3.8) is 0 Å². The third-order valence-electron chi connectivity index (χ3n) is 3.45. The zero-order valence-electron chi connectivity index (χ0n) is 12.0. The molecule has 5 nitrogen and oxygen atoms in total. The highest BCUT2D eigenvalue weighted by Gasteiger charge is 2.21. The van der Waals surface area contributed by atoms with Crippen LogP contribution in [0.3, 0.4) is 0 Å². The standard InChI is InChI=1S/C15H22N2O3/c1-3-10(2)17-14(15(16)18)11-5-6-12-13(9-11)20-8-4-7-19-12/h5-6,9-10,14,17H,3-4,7-8H2,1-2H3,(H2,16,18). The number of amides is 1. The van der Waals surface area contributed by atoms with Crippen LogP contribution >= 0.6 is 0 Å². The van der Waals surface area contributed by atoms with Crippen LogP contribution in [0.5, 0.6) is 11.5 Å². The van der Waals surface area contributed by atoms with Gasteiger partial charge in [0.25, 0.3) is 0 Å². The summed E-state index contributed by atoms with van der Waals surface area (Å²) in [5.74, 6) is 1.01. The Hall–Kier alpha value is -1.75. The van der Waals surface area contributed by atoms with E-state index in [9.17, 15) is 4.79 Å². The Morgan fingerprint density at radius 2 is 2.05 bits per heavy atom. The van der Waals surface area contributed by atoms with Gasteiger partial charge in [-0.05, 0) is 31.0 Å². The lowest BCUT2D eigenvalue weighted by molar-refractivity contribution is -0.120. The van der Waals surface area contributed by atoms with Gasteiger partial charge in [0, 0.05) is 12.5 Å². The molecule has 110 valence electrons. The molecule has 1 heterocycles. The molecule has 1 aliphatic heterocycles. The smallest absolute Gasteiger partial charge is 0.239 e. The number of hydrogen-bond acceptors (Lipinski definition) is 4. The van der Waals surface area contributed by atoms with Crippen LogP contribution in [0.4, 0.5) is 0 Å². The largest absolute Gasteiger partial charge is 0.490 e. The SMILES string of the molecule is CCC(C)NC(C(N)=O)c1ccc2c(c1)OCCCO2. The predicted octanol–water partition coefficient (Wildman–Crippen LogP) is 1.76. The van der Waals surface area contributed by atoms with Crippen molar-refractivity contribution in [1.29, 1.82) is 0 Å². The Bertz CT molecular complexity index is 476. The predicted molar refractivity (Wildman–Crippen MR) is 76.9 cm³/mol. The van der Waals surface area contributed by atoms with Gasteiger partial charge in [0.2, 0.25) is 5.91 Å². The molecule has 5 heteroatoms. The molecule has 3 N–H and O–H groups in total. The van der Waals surface area contributed by atoms with Crippen LogP contribution in [0.1, 0.15) is 38.3 Å². The Morgan fingerprint density at radius 1 is 1.35 bits per heavy atom. The van der Waals surface area contributed by atoms with Crippen LogP contribution in [0.2, 0.25) is 0 Å². The van der Waals surface area contributed by atoms with E-state index in [0.717, 1.165) is 24.2 Å². The summed E-state index contributed by atoms with van der Waals surface area (Å²) in [4.78, 5) is 11.7. The Morgan fingerprint density at radius 3 is 2.70 bits per heavy atom. The van der Waals surface area contributed by atoms with E-state index in [1.165, 1.54) is 0 Å². The van der Waals surface area contributed by atoms with Gasteiger partial charge in [-0.3, -0.25) is 10.1 Å². The fourth-order valence-electron chi connectivity index (χ4n) is 2.10. The van der Waals surface area contributed by atoms with Crippen molar-refractivity contribution in [1.82, 2.24) is 5.32 Å². The monoisotopic (exact) mass is 278 g/mol. The van der Waals surface area contributed by atoms with E-state index in [2.05, 4.69) is 12.2 Å². The minimum absolute atomic E-state index is 0.212. The summed E-state index contributed by atoms with van der Waals surface area (Å²) in [7, 11) is 0. The number of nitrogens with two attached hydrogens (primary N) is 1. The first-order valence-electron chi connectivity index (χ1n) is 7.06. The van der Waals surface area contributed by atoms with Gasteiger partial charge in [0.15, 0.2) is 11.5 Å². The molecule has 0 aromatic heterocycles. The third kappa shape index (κ3) is 3.42. The van der Waals surface area contributed by atoms with Crippen molar-refractivity contribution in [2.75, 3.05) is 13.2 Å².